The van der Waals surface area contributed by atoms with Gasteiger partial charge in [0, 0.05) is 35.2 Å². The van der Waals surface area contributed by atoms with E-state index in [2.05, 4.69) is 76.6 Å². The fraction of sp³-hybridized carbons (Fsp3) is 0.139. The standard InChI is InChI=1S/C36H29N3O/c37-21-34-29(11-6-12-31(34)27-8-2-1-3-9-27)24-40-30-15-16-35-33(20-30)32-17-18-38-22-36(32)39(35)23-25-13-14-26-7-4-5-10-28(26)19-25/h1-16,19-20,38H,17-18,22-24H2. The van der Waals surface area contributed by atoms with Crippen molar-refractivity contribution in [3.05, 3.63) is 137 Å². The Morgan fingerprint density at radius 3 is 2.55 bits per heavy atom. The lowest BCUT2D eigenvalue weighted by Gasteiger charge is -2.17. The third-order valence-electron chi connectivity index (χ3n) is 8.00. The minimum Gasteiger partial charge on any atom is -0.489 e. The van der Waals surface area contributed by atoms with Crippen LogP contribution < -0.4 is 10.1 Å². The van der Waals surface area contributed by atoms with Crippen LogP contribution in [0.1, 0.15) is 27.9 Å². The summed E-state index contributed by atoms with van der Waals surface area (Å²) >= 11 is 0. The van der Waals surface area contributed by atoms with Crippen LogP contribution in [0.15, 0.2) is 109 Å². The van der Waals surface area contributed by atoms with E-state index < -0.39 is 0 Å². The van der Waals surface area contributed by atoms with Gasteiger partial charge in [0.1, 0.15) is 18.4 Å². The smallest absolute Gasteiger partial charge is 0.120 e. The molecule has 0 saturated heterocycles. The van der Waals surface area contributed by atoms with Crippen LogP contribution in [0.2, 0.25) is 0 Å². The summed E-state index contributed by atoms with van der Waals surface area (Å²) in [5, 5.41) is 17.4. The lowest BCUT2D eigenvalue weighted by Crippen LogP contribution is -2.25. The minimum absolute atomic E-state index is 0.344. The zero-order valence-corrected chi connectivity index (χ0v) is 22.2. The highest BCUT2D eigenvalue weighted by Gasteiger charge is 2.21. The first-order valence-corrected chi connectivity index (χ1v) is 13.8. The summed E-state index contributed by atoms with van der Waals surface area (Å²) in [6, 6.07) is 40.2. The normalized spacial score (nSPS) is 12.8. The number of ether oxygens (including phenoxy) is 1. The highest BCUT2D eigenvalue weighted by molar-refractivity contribution is 5.88. The maximum atomic E-state index is 10.00. The largest absolute Gasteiger partial charge is 0.489 e. The van der Waals surface area contributed by atoms with E-state index in [1.807, 2.05) is 48.5 Å². The van der Waals surface area contributed by atoms with Crippen molar-refractivity contribution in [3.63, 3.8) is 0 Å². The maximum Gasteiger partial charge on any atom is 0.120 e. The lowest BCUT2D eigenvalue weighted by molar-refractivity contribution is 0.306. The molecule has 0 atom stereocenters. The minimum atomic E-state index is 0.344. The molecule has 1 aliphatic rings. The van der Waals surface area contributed by atoms with Crippen molar-refractivity contribution < 1.29 is 4.74 Å². The van der Waals surface area contributed by atoms with Crippen molar-refractivity contribution in [1.29, 1.82) is 5.26 Å². The molecule has 1 N–H and O–H groups in total. The molecule has 0 radical (unpaired) electrons. The molecular formula is C36H29N3O. The molecule has 7 rings (SSSR count). The second kappa shape index (κ2) is 10.4. The monoisotopic (exact) mass is 519 g/mol. The van der Waals surface area contributed by atoms with Gasteiger partial charge in [0.2, 0.25) is 0 Å². The highest BCUT2D eigenvalue weighted by atomic mass is 16.5. The van der Waals surface area contributed by atoms with Crippen molar-refractivity contribution >= 4 is 21.7 Å². The fourth-order valence-electron chi connectivity index (χ4n) is 6.02. The number of nitriles is 1. The Hall–Kier alpha value is -4.85. The Bertz CT molecular complexity index is 1900. The van der Waals surface area contributed by atoms with Gasteiger partial charge in [-0.3, -0.25) is 0 Å². The van der Waals surface area contributed by atoms with Crippen molar-refractivity contribution in [2.45, 2.75) is 26.1 Å². The van der Waals surface area contributed by atoms with Gasteiger partial charge in [-0.2, -0.15) is 5.26 Å². The van der Waals surface area contributed by atoms with Gasteiger partial charge in [0.15, 0.2) is 0 Å². The third-order valence-corrected chi connectivity index (χ3v) is 8.00. The van der Waals surface area contributed by atoms with Gasteiger partial charge in [-0.05, 0) is 70.3 Å². The van der Waals surface area contributed by atoms with Crippen LogP contribution in [0.25, 0.3) is 32.8 Å². The van der Waals surface area contributed by atoms with Gasteiger partial charge in [-0.1, -0.05) is 84.9 Å². The van der Waals surface area contributed by atoms with Crippen molar-refractivity contribution in [1.82, 2.24) is 9.88 Å². The zero-order valence-electron chi connectivity index (χ0n) is 22.2. The summed E-state index contributed by atoms with van der Waals surface area (Å²) < 4.78 is 8.78. The summed E-state index contributed by atoms with van der Waals surface area (Å²) in [6.07, 6.45) is 0.998. The summed E-state index contributed by atoms with van der Waals surface area (Å²) in [5.41, 5.74) is 8.83. The predicted octanol–water partition coefficient (Wildman–Crippen LogP) is 7.61. The molecule has 0 saturated carbocycles. The van der Waals surface area contributed by atoms with Gasteiger partial charge in [-0.25, -0.2) is 0 Å². The van der Waals surface area contributed by atoms with Crippen LogP contribution in [0.4, 0.5) is 0 Å². The fourth-order valence-corrected chi connectivity index (χ4v) is 6.02. The maximum absolute atomic E-state index is 10.00. The number of rotatable bonds is 6. The van der Waals surface area contributed by atoms with Crippen LogP contribution in [0, 0.1) is 11.3 Å². The van der Waals surface area contributed by atoms with E-state index >= 15 is 0 Å². The molecule has 0 unspecified atom stereocenters. The molecule has 0 amide bonds. The molecule has 2 heterocycles. The molecule has 0 spiro atoms. The highest BCUT2D eigenvalue weighted by Crippen LogP contribution is 2.33. The molecule has 0 aliphatic carbocycles. The first-order valence-electron chi connectivity index (χ1n) is 13.8. The average Bonchev–Trinajstić information content (AvgIpc) is 3.32. The SMILES string of the molecule is N#Cc1c(COc2ccc3c(c2)c2c(n3Cc3ccc4ccccc4c3)CNCC2)cccc1-c1ccccc1. The molecule has 194 valence electrons. The summed E-state index contributed by atoms with van der Waals surface area (Å²) in [6.45, 7) is 3.02. The second-order valence-corrected chi connectivity index (χ2v) is 10.4. The number of nitrogens with zero attached hydrogens (tertiary/aromatic N) is 2. The molecule has 0 bridgehead atoms. The molecule has 5 aromatic carbocycles. The Kier molecular flexibility index (Phi) is 6.28. The molecule has 6 aromatic rings. The Morgan fingerprint density at radius 2 is 1.68 bits per heavy atom. The van der Waals surface area contributed by atoms with Crippen LogP contribution in [-0.4, -0.2) is 11.1 Å². The Labute approximate surface area is 234 Å². The molecule has 1 aliphatic heterocycles. The quantitative estimate of drug-likeness (QED) is 0.246. The number of benzene rings is 5. The van der Waals surface area contributed by atoms with Crippen molar-refractivity contribution in [2.24, 2.45) is 0 Å². The summed E-state index contributed by atoms with van der Waals surface area (Å²) in [4.78, 5) is 0. The van der Waals surface area contributed by atoms with Crippen LogP contribution >= 0.6 is 0 Å². The van der Waals surface area contributed by atoms with E-state index in [1.165, 1.54) is 38.5 Å². The van der Waals surface area contributed by atoms with Gasteiger partial charge in [-0.15, -0.1) is 0 Å². The van der Waals surface area contributed by atoms with Gasteiger partial charge in [0.05, 0.1) is 5.56 Å². The van der Waals surface area contributed by atoms with Gasteiger partial charge < -0.3 is 14.6 Å². The van der Waals surface area contributed by atoms with E-state index in [1.54, 1.807) is 0 Å². The summed E-state index contributed by atoms with van der Waals surface area (Å²) in [7, 11) is 0. The van der Waals surface area contributed by atoms with E-state index in [0.717, 1.165) is 48.5 Å². The van der Waals surface area contributed by atoms with Crippen LogP contribution in [0.3, 0.4) is 0 Å². The first-order chi connectivity index (χ1) is 19.8. The second-order valence-electron chi connectivity index (χ2n) is 10.4. The number of aromatic nitrogens is 1. The third kappa shape index (κ3) is 4.41. The Balaban J connectivity index is 1.20. The molecule has 4 heteroatoms. The van der Waals surface area contributed by atoms with Gasteiger partial charge in [0.25, 0.3) is 0 Å². The molecule has 40 heavy (non-hydrogen) atoms. The van der Waals surface area contributed by atoms with Crippen LogP contribution in [0.5, 0.6) is 5.75 Å². The lowest BCUT2D eigenvalue weighted by atomic mass is 9.96. The van der Waals surface area contributed by atoms with E-state index in [9.17, 15) is 5.26 Å². The molecule has 0 fully saturated rings. The van der Waals surface area contributed by atoms with Gasteiger partial charge >= 0.3 is 0 Å². The summed E-state index contributed by atoms with van der Waals surface area (Å²) in [5.74, 6) is 0.825. The van der Waals surface area contributed by atoms with Crippen LogP contribution in [-0.2, 0) is 26.1 Å². The average molecular weight is 520 g/mol. The molecule has 1 aromatic heterocycles. The zero-order chi connectivity index (χ0) is 26.9. The van der Waals surface area contributed by atoms with E-state index in [0.29, 0.717) is 12.2 Å². The number of nitrogens with one attached hydrogen (secondary N) is 1. The van der Waals surface area contributed by atoms with E-state index in [4.69, 9.17) is 4.74 Å². The number of fused-ring (bicyclic) bond motifs is 4. The van der Waals surface area contributed by atoms with Crippen molar-refractivity contribution in [2.75, 3.05) is 6.54 Å². The molecule has 4 nitrogen and oxygen atoms in total. The topological polar surface area (TPSA) is 50.0 Å². The number of hydrogen-bond acceptors (Lipinski definition) is 3. The molecular weight excluding hydrogens is 490 g/mol. The predicted molar refractivity (Wildman–Crippen MR) is 161 cm³/mol. The van der Waals surface area contributed by atoms with E-state index in [-0.39, 0.29) is 0 Å². The Morgan fingerprint density at radius 1 is 0.825 bits per heavy atom. The van der Waals surface area contributed by atoms with Crippen molar-refractivity contribution in [3.8, 4) is 22.9 Å². The number of hydrogen-bond donors (Lipinski definition) is 1. The first kappa shape index (κ1) is 24.2.